The van der Waals surface area contributed by atoms with E-state index in [1.165, 1.54) is 12.1 Å². The maximum atomic E-state index is 12.3. The van der Waals surface area contributed by atoms with E-state index in [9.17, 15) is 13.2 Å². The van der Waals surface area contributed by atoms with Gasteiger partial charge in [0.1, 0.15) is 0 Å². The second-order valence-corrected chi connectivity index (χ2v) is 6.08. The smallest absolute Gasteiger partial charge is 0.425 e. The van der Waals surface area contributed by atoms with Crippen LogP contribution in [0.4, 0.5) is 4.79 Å². The number of carbonyl (C=O) groups excluding carboxylic acids is 1. The first-order chi connectivity index (χ1) is 8.95. The minimum absolute atomic E-state index is 0.0317. The van der Waals surface area contributed by atoms with Crippen LogP contribution < -0.4 is 0 Å². The molecule has 0 spiro atoms. The average molecular weight is 279 g/mol. The highest BCUT2D eigenvalue weighted by molar-refractivity contribution is 7.89. The molecule has 1 amide bonds. The molecule has 1 heterocycles. The Morgan fingerprint density at radius 3 is 2.53 bits per heavy atom. The molecule has 19 heavy (non-hydrogen) atoms. The number of hydrogen-bond acceptors (Lipinski definition) is 4. The Labute approximate surface area is 112 Å². The molecule has 1 saturated heterocycles. The monoisotopic (exact) mass is 279 g/mol. The van der Waals surface area contributed by atoms with E-state index < -0.39 is 22.2 Å². The van der Waals surface area contributed by atoms with Gasteiger partial charge >= 0.3 is 6.09 Å². The second-order valence-electron chi connectivity index (χ2n) is 4.22. The first-order valence-electron chi connectivity index (χ1n) is 5.71. The number of sulfonamides is 1. The van der Waals surface area contributed by atoms with Gasteiger partial charge in [0.05, 0.1) is 4.90 Å². The van der Waals surface area contributed by atoms with Crippen molar-refractivity contribution in [3.05, 3.63) is 29.8 Å². The standard InChI is InChI=1S/C13H13NO4S/c1-3-11-8-9-14(13(15)18-11)19(16,17)12-6-4-10(2)5-7-12/h1,4-7,11H,8-9H2,2H3. The van der Waals surface area contributed by atoms with Crippen LogP contribution in [-0.2, 0) is 14.8 Å². The van der Waals surface area contributed by atoms with Gasteiger partial charge in [0.15, 0.2) is 6.10 Å². The number of hydrogen-bond donors (Lipinski definition) is 0. The third-order valence-electron chi connectivity index (χ3n) is 2.84. The Morgan fingerprint density at radius 1 is 1.37 bits per heavy atom. The van der Waals surface area contributed by atoms with Gasteiger partial charge in [-0.1, -0.05) is 23.6 Å². The molecule has 0 aliphatic carbocycles. The first-order valence-corrected chi connectivity index (χ1v) is 7.15. The number of terminal acetylenes is 1. The second kappa shape index (κ2) is 4.94. The van der Waals surface area contributed by atoms with Crippen LogP contribution in [0.25, 0.3) is 0 Å². The number of amides is 1. The number of benzene rings is 1. The van der Waals surface area contributed by atoms with Crippen molar-refractivity contribution in [2.75, 3.05) is 6.54 Å². The molecule has 1 aromatic rings. The van der Waals surface area contributed by atoms with Crippen LogP contribution in [0.2, 0.25) is 0 Å². The van der Waals surface area contributed by atoms with Crippen molar-refractivity contribution in [1.82, 2.24) is 4.31 Å². The zero-order valence-electron chi connectivity index (χ0n) is 10.4. The number of cyclic esters (lactones) is 1. The zero-order chi connectivity index (χ0) is 14.0. The Bertz CT molecular complexity index is 628. The third-order valence-corrected chi connectivity index (χ3v) is 4.62. The molecule has 1 aromatic carbocycles. The number of carbonyl (C=O) groups is 1. The first kappa shape index (κ1) is 13.4. The molecule has 0 saturated carbocycles. The van der Waals surface area contributed by atoms with Crippen LogP contribution in [-0.4, -0.2) is 31.5 Å². The molecule has 1 aliphatic rings. The van der Waals surface area contributed by atoms with Crippen LogP contribution in [0.5, 0.6) is 0 Å². The number of rotatable bonds is 2. The van der Waals surface area contributed by atoms with Crippen molar-refractivity contribution in [3.63, 3.8) is 0 Å². The summed E-state index contributed by atoms with van der Waals surface area (Å²) in [7, 11) is -3.87. The molecular formula is C13H13NO4S. The molecule has 6 heteroatoms. The molecular weight excluding hydrogens is 266 g/mol. The fourth-order valence-electron chi connectivity index (χ4n) is 1.74. The lowest BCUT2D eigenvalue weighted by molar-refractivity contribution is 0.0747. The number of aryl methyl sites for hydroxylation is 1. The van der Waals surface area contributed by atoms with Crippen molar-refractivity contribution in [2.24, 2.45) is 0 Å². The fourth-order valence-corrected chi connectivity index (χ4v) is 3.06. The van der Waals surface area contributed by atoms with Crippen LogP contribution in [0.1, 0.15) is 12.0 Å². The quantitative estimate of drug-likeness (QED) is 0.770. The van der Waals surface area contributed by atoms with Gasteiger partial charge in [0, 0.05) is 13.0 Å². The molecule has 0 N–H and O–H groups in total. The summed E-state index contributed by atoms with van der Waals surface area (Å²) in [4.78, 5) is 11.7. The molecule has 0 bridgehead atoms. The summed E-state index contributed by atoms with van der Waals surface area (Å²) in [5.74, 6) is 2.29. The maximum absolute atomic E-state index is 12.3. The Hall–Kier alpha value is -2.00. The number of ether oxygens (including phenoxy) is 1. The lowest BCUT2D eigenvalue weighted by atomic mass is 10.2. The predicted octanol–water partition coefficient (Wildman–Crippen LogP) is 1.53. The summed E-state index contributed by atoms with van der Waals surface area (Å²) in [5.41, 5.74) is 0.938. The Kier molecular flexibility index (Phi) is 3.49. The van der Waals surface area contributed by atoms with Crippen molar-refractivity contribution in [2.45, 2.75) is 24.3 Å². The number of nitrogens with zero attached hydrogens (tertiary/aromatic N) is 1. The Morgan fingerprint density at radius 2 is 2.00 bits per heavy atom. The van der Waals surface area contributed by atoms with Crippen LogP contribution in [0.3, 0.4) is 0 Å². The van der Waals surface area contributed by atoms with Crippen molar-refractivity contribution >= 4 is 16.1 Å². The maximum Gasteiger partial charge on any atom is 0.425 e. The fraction of sp³-hybridized carbons (Fsp3) is 0.308. The van der Waals surface area contributed by atoms with Crippen molar-refractivity contribution in [3.8, 4) is 12.3 Å². The highest BCUT2D eigenvalue weighted by Crippen LogP contribution is 2.21. The summed E-state index contributed by atoms with van der Waals surface area (Å²) in [6.45, 7) is 1.88. The molecule has 2 rings (SSSR count). The summed E-state index contributed by atoms with van der Waals surface area (Å²) in [6.07, 6.45) is 3.87. The summed E-state index contributed by atoms with van der Waals surface area (Å²) < 4.78 is 30.1. The molecule has 5 nitrogen and oxygen atoms in total. The SMILES string of the molecule is C#CC1CCN(S(=O)(=O)c2ccc(C)cc2)C(=O)O1. The van der Waals surface area contributed by atoms with Gasteiger partial charge in [-0.3, -0.25) is 0 Å². The topological polar surface area (TPSA) is 63.7 Å². The molecule has 0 aromatic heterocycles. The molecule has 1 atom stereocenters. The highest BCUT2D eigenvalue weighted by Gasteiger charge is 2.35. The Balaban J connectivity index is 2.29. The van der Waals surface area contributed by atoms with Crippen molar-refractivity contribution in [1.29, 1.82) is 0 Å². The molecule has 100 valence electrons. The van der Waals surface area contributed by atoms with Gasteiger partial charge in [-0.2, -0.15) is 0 Å². The summed E-state index contributed by atoms with van der Waals surface area (Å²) in [6, 6.07) is 6.27. The van der Waals surface area contributed by atoms with Gasteiger partial charge in [0.2, 0.25) is 0 Å². The largest absolute Gasteiger partial charge is 0.432 e. The van der Waals surface area contributed by atoms with E-state index in [0.717, 1.165) is 5.56 Å². The third kappa shape index (κ3) is 2.56. The molecule has 1 unspecified atom stereocenters. The normalized spacial score (nSPS) is 19.7. The van der Waals surface area contributed by atoms with E-state index in [4.69, 9.17) is 11.2 Å². The van der Waals surface area contributed by atoms with Crippen LogP contribution >= 0.6 is 0 Å². The molecule has 1 fully saturated rings. The van der Waals surface area contributed by atoms with Gasteiger partial charge in [0.25, 0.3) is 10.0 Å². The lowest BCUT2D eigenvalue weighted by Crippen LogP contribution is -2.44. The van der Waals surface area contributed by atoms with Gasteiger partial charge in [-0.05, 0) is 19.1 Å². The van der Waals surface area contributed by atoms with E-state index in [2.05, 4.69) is 5.92 Å². The van der Waals surface area contributed by atoms with Gasteiger partial charge in [-0.15, -0.1) is 6.42 Å². The minimum atomic E-state index is -3.87. The van der Waals surface area contributed by atoms with Crippen LogP contribution in [0.15, 0.2) is 29.2 Å². The van der Waals surface area contributed by atoms with Gasteiger partial charge < -0.3 is 4.74 Å². The summed E-state index contributed by atoms with van der Waals surface area (Å²) >= 11 is 0. The molecule has 0 radical (unpaired) electrons. The average Bonchev–Trinajstić information content (AvgIpc) is 2.38. The van der Waals surface area contributed by atoms with E-state index in [-0.39, 0.29) is 11.4 Å². The zero-order valence-corrected chi connectivity index (χ0v) is 11.2. The van der Waals surface area contributed by atoms with Crippen LogP contribution in [0, 0.1) is 19.3 Å². The summed E-state index contributed by atoms with van der Waals surface area (Å²) in [5, 5.41) is 0. The van der Waals surface area contributed by atoms with E-state index in [1.54, 1.807) is 12.1 Å². The highest BCUT2D eigenvalue weighted by atomic mass is 32.2. The van der Waals surface area contributed by atoms with E-state index in [0.29, 0.717) is 10.7 Å². The molecule has 1 aliphatic heterocycles. The predicted molar refractivity (Wildman–Crippen MR) is 68.8 cm³/mol. The van der Waals surface area contributed by atoms with E-state index in [1.807, 2.05) is 6.92 Å². The van der Waals surface area contributed by atoms with E-state index >= 15 is 0 Å². The van der Waals surface area contributed by atoms with Gasteiger partial charge in [-0.25, -0.2) is 17.5 Å². The minimum Gasteiger partial charge on any atom is -0.432 e. The lowest BCUT2D eigenvalue weighted by Gasteiger charge is -2.28. The van der Waals surface area contributed by atoms with Crippen molar-refractivity contribution < 1.29 is 17.9 Å².